The first kappa shape index (κ1) is 12.6. The summed E-state index contributed by atoms with van der Waals surface area (Å²) >= 11 is 0. The molecule has 2 fully saturated rings. The Kier molecular flexibility index (Phi) is 2.39. The number of hydrogen-bond acceptors (Lipinski definition) is 6. The van der Waals surface area contributed by atoms with Crippen LogP contribution >= 0.6 is 0 Å². The highest BCUT2D eigenvalue weighted by molar-refractivity contribution is 5.94. The summed E-state index contributed by atoms with van der Waals surface area (Å²) in [6.07, 6.45) is 5.77. The molecule has 5 unspecified atom stereocenters. The first-order valence-corrected chi connectivity index (χ1v) is 6.80. The lowest BCUT2D eigenvalue weighted by atomic mass is 9.78. The highest BCUT2D eigenvalue weighted by Crippen LogP contribution is 2.57. The molecule has 1 spiro atoms. The lowest BCUT2D eigenvalue weighted by Gasteiger charge is -2.32. The number of carbonyl (C=O) groups is 2. The van der Waals surface area contributed by atoms with Gasteiger partial charge in [-0.25, -0.2) is 9.59 Å². The second-order valence-corrected chi connectivity index (χ2v) is 5.48. The zero-order valence-electron chi connectivity index (χ0n) is 11.6. The van der Waals surface area contributed by atoms with Gasteiger partial charge in [0.25, 0.3) is 0 Å². The van der Waals surface area contributed by atoms with Gasteiger partial charge in [0.15, 0.2) is 5.60 Å². The summed E-state index contributed by atoms with van der Waals surface area (Å²) in [4.78, 5) is 23.8. The zero-order valence-corrected chi connectivity index (χ0v) is 11.6. The largest absolute Gasteiger partial charge is 0.471 e. The van der Waals surface area contributed by atoms with Crippen LogP contribution in [-0.2, 0) is 28.5 Å². The van der Waals surface area contributed by atoms with Gasteiger partial charge in [0, 0.05) is 5.92 Å². The first-order chi connectivity index (χ1) is 10.1. The molecule has 21 heavy (non-hydrogen) atoms. The van der Waals surface area contributed by atoms with Crippen LogP contribution in [0.1, 0.15) is 6.92 Å². The Morgan fingerprint density at radius 2 is 2.29 bits per heavy atom. The summed E-state index contributed by atoms with van der Waals surface area (Å²) in [5, 5.41) is 0. The molecule has 6 nitrogen and oxygen atoms in total. The summed E-state index contributed by atoms with van der Waals surface area (Å²) < 4.78 is 21.8. The minimum absolute atomic E-state index is 0.231. The number of allylic oxidation sites excluding steroid dienone is 2. The maximum Gasteiger partial charge on any atom is 0.337 e. The molecule has 0 N–H and O–H groups in total. The number of hydrogen-bond donors (Lipinski definition) is 0. The van der Waals surface area contributed by atoms with Gasteiger partial charge in [-0.3, -0.25) is 0 Å². The molecule has 3 heterocycles. The van der Waals surface area contributed by atoms with Crippen molar-refractivity contribution in [2.45, 2.75) is 24.9 Å². The molecule has 0 bridgehead atoms. The van der Waals surface area contributed by atoms with Crippen molar-refractivity contribution in [3.8, 4) is 0 Å². The fraction of sp³-hybridized carbons (Fsp3) is 0.467. The third kappa shape index (κ3) is 1.35. The van der Waals surface area contributed by atoms with Crippen molar-refractivity contribution in [3.63, 3.8) is 0 Å². The minimum atomic E-state index is -0.873. The lowest BCUT2D eigenvalue weighted by molar-refractivity contribution is -0.152. The van der Waals surface area contributed by atoms with Crippen LogP contribution in [0.15, 0.2) is 35.6 Å². The van der Waals surface area contributed by atoms with Gasteiger partial charge < -0.3 is 18.9 Å². The Morgan fingerprint density at radius 1 is 1.48 bits per heavy atom. The standard InChI is InChI=1S/C15H14O6/c1-3-7-11-15(21-13(7)17)5-4-8-9(12(16)18-2)6-19-14(20-11)10(8)15/h3-6,8,10-11,14H,1-2H3/b7-3-. The normalized spacial score (nSPS) is 44.0. The molecule has 0 aromatic heterocycles. The molecule has 3 aliphatic heterocycles. The molecular formula is C15H14O6. The third-order valence-electron chi connectivity index (χ3n) is 4.65. The topological polar surface area (TPSA) is 71.1 Å². The monoisotopic (exact) mass is 290 g/mol. The number of ether oxygens (including phenoxy) is 4. The van der Waals surface area contributed by atoms with E-state index in [1.54, 1.807) is 13.0 Å². The average molecular weight is 290 g/mol. The maximum atomic E-state index is 12.0. The van der Waals surface area contributed by atoms with Crippen LogP contribution in [0.3, 0.4) is 0 Å². The Morgan fingerprint density at radius 3 is 3.00 bits per heavy atom. The molecular weight excluding hydrogens is 276 g/mol. The SMILES string of the molecule is C/C=C1\C(=O)OC23C=CC4C(C(=O)OC)=COC(OC12)C43. The van der Waals surface area contributed by atoms with Crippen LogP contribution < -0.4 is 0 Å². The van der Waals surface area contributed by atoms with Gasteiger partial charge in [-0.15, -0.1) is 0 Å². The summed E-state index contributed by atoms with van der Waals surface area (Å²) in [5.74, 6) is -1.31. The van der Waals surface area contributed by atoms with Crippen LogP contribution in [-0.4, -0.2) is 37.0 Å². The van der Waals surface area contributed by atoms with Crippen molar-refractivity contribution < 1.29 is 28.5 Å². The van der Waals surface area contributed by atoms with Gasteiger partial charge in [-0.1, -0.05) is 12.2 Å². The summed E-state index contributed by atoms with van der Waals surface area (Å²) in [6, 6.07) is 0. The molecule has 110 valence electrons. The van der Waals surface area contributed by atoms with E-state index in [1.165, 1.54) is 13.4 Å². The fourth-order valence-corrected chi connectivity index (χ4v) is 3.74. The van der Waals surface area contributed by atoms with Crippen molar-refractivity contribution in [1.82, 2.24) is 0 Å². The smallest absolute Gasteiger partial charge is 0.337 e. The van der Waals surface area contributed by atoms with Gasteiger partial charge in [0.1, 0.15) is 6.10 Å². The first-order valence-electron chi connectivity index (χ1n) is 6.80. The quantitative estimate of drug-likeness (QED) is 0.405. The van der Waals surface area contributed by atoms with Crippen molar-refractivity contribution in [3.05, 3.63) is 35.6 Å². The van der Waals surface area contributed by atoms with E-state index in [0.717, 1.165) is 0 Å². The molecule has 6 heteroatoms. The molecule has 0 radical (unpaired) electrons. The van der Waals surface area contributed by atoms with E-state index in [4.69, 9.17) is 18.9 Å². The maximum absolute atomic E-state index is 12.0. The number of rotatable bonds is 1. The van der Waals surface area contributed by atoms with E-state index < -0.39 is 24.0 Å². The van der Waals surface area contributed by atoms with Gasteiger partial charge in [0.2, 0.25) is 6.29 Å². The van der Waals surface area contributed by atoms with Crippen molar-refractivity contribution in [2.75, 3.05) is 7.11 Å². The Balaban J connectivity index is 1.78. The van der Waals surface area contributed by atoms with E-state index in [9.17, 15) is 9.59 Å². The zero-order chi connectivity index (χ0) is 14.8. The van der Waals surface area contributed by atoms with E-state index in [0.29, 0.717) is 11.1 Å². The van der Waals surface area contributed by atoms with Gasteiger partial charge in [-0.05, 0) is 13.0 Å². The number of carbonyl (C=O) groups excluding carboxylic acids is 2. The number of esters is 2. The fourth-order valence-electron chi connectivity index (χ4n) is 3.74. The molecule has 2 saturated heterocycles. The number of methoxy groups -OCH3 is 1. The van der Waals surface area contributed by atoms with Crippen molar-refractivity contribution >= 4 is 11.9 Å². The summed E-state index contributed by atoms with van der Waals surface area (Å²) in [6.45, 7) is 1.77. The second kappa shape index (κ2) is 3.98. The summed E-state index contributed by atoms with van der Waals surface area (Å²) in [5.41, 5.74) is 0.0425. The van der Waals surface area contributed by atoms with E-state index in [2.05, 4.69) is 0 Å². The Hall–Kier alpha value is -2.08. The van der Waals surface area contributed by atoms with Crippen LogP contribution in [0.25, 0.3) is 0 Å². The molecule has 4 aliphatic rings. The Labute approximate surface area is 121 Å². The predicted molar refractivity (Wildman–Crippen MR) is 68.5 cm³/mol. The molecule has 0 aromatic carbocycles. The van der Waals surface area contributed by atoms with E-state index in [1.807, 2.05) is 12.2 Å². The average Bonchev–Trinajstić information content (AvgIpc) is 3.08. The Bertz CT molecular complexity index is 630. The van der Waals surface area contributed by atoms with E-state index in [-0.39, 0.29) is 17.8 Å². The summed E-state index contributed by atoms with van der Waals surface area (Å²) in [7, 11) is 1.32. The van der Waals surface area contributed by atoms with Crippen molar-refractivity contribution in [2.24, 2.45) is 11.8 Å². The molecule has 0 aromatic rings. The van der Waals surface area contributed by atoms with Gasteiger partial charge in [0.05, 0.1) is 30.4 Å². The van der Waals surface area contributed by atoms with Crippen LogP contribution in [0.2, 0.25) is 0 Å². The van der Waals surface area contributed by atoms with E-state index >= 15 is 0 Å². The van der Waals surface area contributed by atoms with Crippen LogP contribution in [0.5, 0.6) is 0 Å². The predicted octanol–water partition coefficient (Wildman–Crippen LogP) is 0.842. The molecule has 0 amide bonds. The highest BCUT2D eigenvalue weighted by Gasteiger charge is 2.70. The lowest BCUT2D eigenvalue weighted by Crippen LogP contribution is -2.43. The van der Waals surface area contributed by atoms with Crippen molar-refractivity contribution in [1.29, 1.82) is 0 Å². The molecule has 1 aliphatic carbocycles. The van der Waals surface area contributed by atoms with Crippen LogP contribution in [0.4, 0.5) is 0 Å². The third-order valence-corrected chi connectivity index (χ3v) is 4.65. The molecule has 0 saturated carbocycles. The van der Waals surface area contributed by atoms with Gasteiger partial charge >= 0.3 is 11.9 Å². The minimum Gasteiger partial charge on any atom is -0.471 e. The van der Waals surface area contributed by atoms with Crippen LogP contribution in [0, 0.1) is 11.8 Å². The molecule has 5 atom stereocenters. The molecule has 4 rings (SSSR count). The van der Waals surface area contributed by atoms with Gasteiger partial charge in [-0.2, -0.15) is 0 Å². The second-order valence-electron chi connectivity index (χ2n) is 5.48. The highest BCUT2D eigenvalue weighted by atomic mass is 16.7.